The molecule has 0 bridgehead atoms. The number of hydrogen-bond acceptors (Lipinski definition) is 7. The fourth-order valence-corrected chi connectivity index (χ4v) is 1.94. The Morgan fingerprint density at radius 2 is 2.33 bits per heavy atom. The number of nitrogens with zero attached hydrogens (tertiary/aromatic N) is 5. The lowest BCUT2D eigenvalue weighted by molar-refractivity contribution is -0.116. The van der Waals surface area contributed by atoms with E-state index in [1.165, 1.54) is 22.2 Å². The highest BCUT2D eigenvalue weighted by atomic mass is 32.1. The zero-order valence-corrected chi connectivity index (χ0v) is 10.5. The van der Waals surface area contributed by atoms with E-state index in [1.807, 2.05) is 6.92 Å². The van der Waals surface area contributed by atoms with Gasteiger partial charge in [-0.3, -0.25) is 10.1 Å². The first-order chi connectivity index (χ1) is 8.71. The molecule has 0 atom stereocenters. The summed E-state index contributed by atoms with van der Waals surface area (Å²) < 4.78 is 1.35. The van der Waals surface area contributed by atoms with Crippen LogP contribution in [0.4, 0.5) is 5.13 Å². The molecular formula is C9H12N6O2S. The van der Waals surface area contributed by atoms with Gasteiger partial charge in [0.1, 0.15) is 17.2 Å². The van der Waals surface area contributed by atoms with Crippen LogP contribution in [0.3, 0.4) is 0 Å². The van der Waals surface area contributed by atoms with Gasteiger partial charge in [-0.1, -0.05) is 23.5 Å². The van der Waals surface area contributed by atoms with E-state index in [1.54, 1.807) is 0 Å². The maximum absolute atomic E-state index is 11.7. The number of aromatic nitrogens is 5. The van der Waals surface area contributed by atoms with Crippen molar-refractivity contribution in [2.75, 3.05) is 5.32 Å². The average Bonchev–Trinajstić information content (AvgIpc) is 2.98. The first-order valence-electron chi connectivity index (χ1n) is 5.33. The molecule has 8 nitrogen and oxygen atoms in total. The summed E-state index contributed by atoms with van der Waals surface area (Å²) in [6.07, 6.45) is 2.30. The van der Waals surface area contributed by atoms with Crippen molar-refractivity contribution in [3.8, 4) is 0 Å². The van der Waals surface area contributed by atoms with Crippen LogP contribution in [0.5, 0.6) is 0 Å². The maximum atomic E-state index is 11.7. The largest absolute Gasteiger partial charge is 0.390 e. The smallest absolute Gasteiger partial charge is 0.247 e. The lowest BCUT2D eigenvalue weighted by atomic mass is 10.5. The number of amides is 1. The molecule has 0 unspecified atom stereocenters. The van der Waals surface area contributed by atoms with Crippen LogP contribution in [-0.4, -0.2) is 36.2 Å². The van der Waals surface area contributed by atoms with Crippen LogP contribution in [0.2, 0.25) is 0 Å². The quantitative estimate of drug-likeness (QED) is 0.779. The van der Waals surface area contributed by atoms with Gasteiger partial charge in [-0.05, 0) is 6.42 Å². The Hall–Kier alpha value is -1.87. The number of carbonyl (C=O) groups is 1. The summed E-state index contributed by atoms with van der Waals surface area (Å²) in [4.78, 5) is 11.7. The molecule has 0 aliphatic carbocycles. The predicted octanol–water partition coefficient (Wildman–Crippen LogP) is -0.177. The second kappa shape index (κ2) is 5.65. The van der Waals surface area contributed by atoms with Crippen LogP contribution < -0.4 is 5.32 Å². The second-order valence-electron chi connectivity index (χ2n) is 3.47. The highest BCUT2D eigenvalue weighted by Crippen LogP contribution is 2.15. The van der Waals surface area contributed by atoms with Crippen molar-refractivity contribution >= 4 is 22.4 Å². The molecule has 2 N–H and O–H groups in total. The minimum atomic E-state index is -0.261. The van der Waals surface area contributed by atoms with E-state index in [0.717, 1.165) is 11.4 Å². The predicted molar refractivity (Wildman–Crippen MR) is 63.9 cm³/mol. The topological polar surface area (TPSA) is 106 Å². The molecule has 0 radical (unpaired) electrons. The molecule has 0 aliphatic rings. The SMILES string of the molecule is CCc1nnc(NC(=O)Cn2cc(CO)nn2)s1. The van der Waals surface area contributed by atoms with Crippen LogP contribution in [0, 0.1) is 0 Å². The molecule has 2 rings (SSSR count). The Labute approximate surface area is 107 Å². The minimum Gasteiger partial charge on any atom is -0.390 e. The third-order valence-electron chi connectivity index (χ3n) is 2.07. The van der Waals surface area contributed by atoms with Gasteiger partial charge in [-0.15, -0.1) is 15.3 Å². The lowest BCUT2D eigenvalue weighted by Gasteiger charge is -1.99. The van der Waals surface area contributed by atoms with Gasteiger partial charge in [0.15, 0.2) is 0 Å². The number of aliphatic hydroxyl groups excluding tert-OH is 1. The monoisotopic (exact) mass is 268 g/mol. The third kappa shape index (κ3) is 3.08. The minimum absolute atomic E-state index is 0.0219. The molecule has 0 fully saturated rings. The summed E-state index contributed by atoms with van der Waals surface area (Å²) in [7, 11) is 0. The zero-order valence-electron chi connectivity index (χ0n) is 9.70. The summed E-state index contributed by atoms with van der Waals surface area (Å²) in [6, 6.07) is 0. The van der Waals surface area contributed by atoms with Gasteiger partial charge in [-0.25, -0.2) is 4.68 Å². The standard InChI is InChI=1S/C9H12N6O2S/c1-2-8-12-13-9(18-8)10-7(17)4-15-3-6(5-16)11-14-15/h3,16H,2,4-5H2,1H3,(H,10,13,17). The molecule has 0 saturated carbocycles. The Morgan fingerprint density at radius 3 is 2.94 bits per heavy atom. The number of aryl methyl sites for hydroxylation is 1. The number of hydrogen-bond donors (Lipinski definition) is 2. The lowest BCUT2D eigenvalue weighted by Crippen LogP contribution is -2.19. The number of nitrogens with one attached hydrogen (secondary N) is 1. The van der Waals surface area contributed by atoms with E-state index in [2.05, 4.69) is 25.8 Å². The highest BCUT2D eigenvalue weighted by molar-refractivity contribution is 7.15. The number of rotatable bonds is 5. The fourth-order valence-electron chi connectivity index (χ4n) is 1.24. The van der Waals surface area contributed by atoms with Crippen LogP contribution in [0.15, 0.2) is 6.20 Å². The molecule has 2 heterocycles. The van der Waals surface area contributed by atoms with Crippen LogP contribution in [0.25, 0.3) is 0 Å². The summed E-state index contributed by atoms with van der Waals surface area (Å²) >= 11 is 1.34. The van der Waals surface area contributed by atoms with E-state index in [9.17, 15) is 4.79 Å². The van der Waals surface area contributed by atoms with Gasteiger partial charge in [-0.2, -0.15) is 0 Å². The van der Waals surface area contributed by atoms with Gasteiger partial charge in [0.2, 0.25) is 11.0 Å². The third-order valence-corrected chi connectivity index (χ3v) is 3.05. The zero-order chi connectivity index (χ0) is 13.0. The normalized spacial score (nSPS) is 10.6. The van der Waals surface area contributed by atoms with Crippen LogP contribution in [0.1, 0.15) is 17.6 Å². The molecule has 1 amide bonds. The molecule has 18 heavy (non-hydrogen) atoms. The summed E-state index contributed by atoms with van der Waals surface area (Å²) in [5, 5.41) is 27.9. The van der Waals surface area contributed by atoms with Gasteiger partial charge < -0.3 is 5.11 Å². The molecule has 0 aliphatic heterocycles. The molecule has 96 valence electrons. The van der Waals surface area contributed by atoms with Crippen molar-refractivity contribution in [2.45, 2.75) is 26.5 Å². The Balaban J connectivity index is 1.92. The van der Waals surface area contributed by atoms with Gasteiger partial charge in [0.05, 0.1) is 12.8 Å². The van der Waals surface area contributed by atoms with E-state index >= 15 is 0 Å². The summed E-state index contributed by atoms with van der Waals surface area (Å²) in [6.45, 7) is 1.80. The van der Waals surface area contributed by atoms with Crippen molar-refractivity contribution in [2.24, 2.45) is 0 Å². The van der Waals surface area contributed by atoms with Crippen LogP contribution in [-0.2, 0) is 24.4 Å². The summed E-state index contributed by atoms with van der Waals surface area (Å²) in [5.41, 5.74) is 0.423. The van der Waals surface area contributed by atoms with E-state index in [-0.39, 0.29) is 19.1 Å². The fraction of sp³-hybridized carbons (Fsp3) is 0.444. The van der Waals surface area contributed by atoms with Crippen molar-refractivity contribution < 1.29 is 9.90 Å². The highest BCUT2D eigenvalue weighted by Gasteiger charge is 2.09. The van der Waals surface area contributed by atoms with E-state index in [0.29, 0.717) is 10.8 Å². The maximum Gasteiger partial charge on any atom is 0.247 e. The Morgan fingerprint density at radius 1 is 1.50 bits per heavy atom. The molecular weight excluding hydrogens is 256 g/mol. The first-order valence-corrected chi connectivity index (χ1v) is 6.15. The first kappa shape index (κ1) is 12.6. The molecule has 0 aromatic carbocycles. The number of anilines is 1. The second-order valence-corrected chi connectivity index (χ2v) is 4.53. The molecule has 0 spiro atoms. The summed E-state index contributed by atoms with van der Waals surface area (Å²) in [5.74, 6) is -0.261. The van der Waals surface area contributed by atoms with E-state index < -0.39 is 0 Å². The van der Waals surface area contributed by atoms with E-state index in [4.69, 9.17) is 5.11 Å². The van der Waals surface area contributed by atoms with Gasteiger partial charge in [0.25, 0.3) is 0 Å². The Kier molecular flexibility index (Phi) is 3.95. The van der Waals surface area contributed by atoms with Crippen molar-refractivity contribution in [3.05, 3.63) is 16.9 Å². The van der Waals surface area contributed by atoms with Crippen LogP contribution >= 0.6 is 11.3 Å². The molecule has 2 aromatic heterocycles. The van der Waals surface area contributed by atoms with Gasteiger partial charge >= 0.3 is 0 Å². The average molecular weight is 268 g/mol. The number of carbonyl (C=O) groups excluding carboxylic acids is 1. The van der Waals surface area contributed by atoms with Crippen molar-refractivity contribution in [3.63, 3.8) is 0 Å². The molecule has 0 saturated heterocycles. The molecule has 2 aromatic rings. The molecule has 9 heteroatoms. The number of aliphatic hydroxyl groups is 1. The van der Waals surface area contributed by atoms with Crippen molar-refractivity contribution in [1.82, 2.24) is 25.2 Å². The van der Waals surface area contributed by atoms with Gasteiger partial charge in [0, 0.05) is 0 Å². The van der Waals surface area contributed by atoms with Crippen molar-refractivity contribution in [1.29, 1.82) is 0 Å². The Bertz CT molecular complexity index is 490.